The Bertz CT molecular complexity index is 627. The lowest BCUT2D eigenvalue weighted by Crippen LogP contribution is -2.18. The maximum Gasteiger partial charge on any atom is 0.0630 e. The van der Waals surface area contributed by atoms with E-state index in [9.17, 15) is 0 Å². The molecule has 3 nitrogen and oxygen atoms in total. The van der Waals surface area contributed by atoms with Gasteiger partial charge in [0.15, 0.2) is 0 Å². The molecule has 0 atom stereocenters. The number of fused-ring (bicyclic) bond motifs is 1. The normalized spacial score (nSPS) is 20.4. The second-order valence-corrected chi connectivity index (χ2v) is 6.11. The first kappa shape index (κ1) is 11.1. The van der Waals surface area contributed by atoms with Gasteiger partial charge in [0.05, 0.1) is 11.4 Å². The first-order chi connectivity index (χ1) is 9.28. The highest BCUT2D eigenvalue weighted by Crippen LogP contribution is 2.61. The summed E-state index contributed by atoms with van der Waals surface area (Å²) in [5.74, 6) is 0.978. The Morgan fingerprint density at radius 2 is 2.11 bits per heavy atom. The highest BCUT2D eigenvalue weighted by atomic mass is 14.9. The Labute approximate surface area is 113 Å². The third-order valence-corrected chi connectivity index (χ3v) is 4.83. The Kier molecular flexibility index (Phi) is 2.25. The number of aromatic nitrogens is 1. The molecule has 2 aliphatic carbocycles. The number of hydrogen-bond acceptors (Lipinski definition) is 3. The molecule has 0 spiro atoms. The van der Waals surface area contributed by atoms with Crippen molar-refractivity contribution in [1.29, 1.82) is 0 Å². The van der Waals surface area contributed by atoms with Gasteiger partial charge in [-0.3, -0.25) is 4.98 Å². The molecule has 1 heterocycles. The number of benzene rings is 1. The smallest absolute Gasteiger partial charge is 0.0630 e. The summed E-state index contributed by atoms with van der Waals surface area (Å²) in [4.78, 5) is 4.13. The van der Waals surface area contributed by atoms with E-state index >= 15 is 0 Å². The SMILES string of the molecule is Nc1c(NCC2(C3CC3)CC2)ccc2cnccc12. The summed E-state index contributed by atoms with van der Waals surface area (Å²) in [7, 11) is 0. The molecule has 4 rings (SSSR count). The van der Waals surface area contributed by atoms with E-state index in [0.717, 1.165) is 34.6 Å². The topological polar surface area (TPSA) is 50.9 Å². The molecule has 2 aromatic rings. The quantitative estimate of drug-likeness (QED) is 0.821. The first-order valence-electron chi connectivity index (χ1n) is 7.15. The summed E-state index contributed by atoms with van der Waals surface area (Å²) in [5, 5.41) is 5.78. The number of nitrogens with two attached hydrogens (primary N) is 1. The molecule has 2 fully saturated rings. The average molecular weight is 253 g/mol. The molecule has 0 bridgehead atoms. The van der Waals surface area contributed by atoms with Crippen LogP contribution in [-0.2, 0) is 0 Å². The number of pyridine rings is 1. The van der Waals surface area contributed by atoms with Crippen molar-refractivity contribution in [3.8, 4) is 0 Å². The predicted octanol–water partition coefficient (Wildman–Crippen LogP) is 3.42. The fourth-order valence-electron chi connectivity index (χ4n) is 3.20. The van der Waals surface area contributed by atoms with Crippen molar-refractivity contribution in [3.05, 3.63) is 30.6 Å². The van der Waals surface area contributed by atoms with Crippen molar-refractivity contribution >= 4 is 22.1 Å². The van der Waals surface area contributed by atoms with Crippen LogP contribution in [0, 0.1) is 11.3 Å². The third kappa shape index (κ3) is 1.84. The number of nitrogen functional groups attached to an aromatic ring is 1. The molecule has 2 aliphatic rings. The van der Waals surface area contributed by atoms with E-state index in [-0.39, 0.29) is 0 Å². The van der Waals surface area contributed by atoms with Gasteiger partial charge in [-0.1, -0.05) is 6.07 Å². The molecule has 2 saturated carbocycles. The molecule has 3 N–H and O–H groups in total. The van der Waals surface area contributed by atoms with Gasteiger partial charge >= 0.3 is 0 Å². The molecule has 0 radical (unpaired) electrons. The van der Waals surface area contributed by atoms with Crippen LogP contribution in [0.1, 0.15) is 25.7 Å². The van der Waals surface area contributed by atoms with Crippen LogP contribution >= 0.6 is 0 Å². The Morgan fingerprint density at radius 3 is 2.84 bits per heavy atom. The fraction of sp³-hybridized carbons (Fsp3) is 0.438. The number of anilines is 2. The average Bonchev–Trinajstić information content (AvgIpc) is 3.30. The summed E-state index contributed by atoms with van der Waals surface area (Å²) >= 11 is 0. The molecule has 1 aromatic carbocycles. The van der Waals surface area contributed by atoms with E-state index in [2.05, 4.69) is 22.4 Å². The minimum absolute atomic E-state index is 0.597. The van der Waals surface area contributed by atoms with E-state index < -0.39 is 0 Å². The van der Waals surface area contributed by atoms with Gasteiger partial charge in [0, 0.05) is 29.7 Å². The van der Waals surface area contributed by atoms with Gasteiger partial charge in [-0.2, -0.15) is 0 Å². The number of nitrogens with one attached hydrogen (secondary N) is 1. The summed E-state index contributed by atoms with van der Waals surface area (Å²) in [6.07, 6.45) is 9.31. The van der Waals surface area contributed by atoms with Crippen molar-refractivity contribution in [2.45, 2.75) is 25.7 Å². The highest BCUT2D eigenvalue weighted by Gasteiger charge is 2.53. The molecular formula is C16H19N3. The van der Waals surface area contributed by atoms with E-state index in [1.165, 1.54) is 25.7 Å². The van der Waals surface area contributed by atoms with Crippen LogP contribution in [0.5, 0.6) is 0 Å². The summed E-state index contributed by atoms with van der Waals surface area (Å²) < 4.78 is 0. The van der Waals surface area contributed by atoms with Crippen molar-refractivity contribution < 1.29 is 0 Å². The van der Waals surface area contributed by atoms with Crippen LogP contribution < -0.4 is 11.1 Å². The lowest BCUT2D eigenvalue weighted by Gasteiger charge is -2.18. The minimum Gasteiger partial charge on any atom is -0.397 e. The van der Waals surface area contributed by atoms with E-state index in [1.807, 2.05) is 12.3 Å². The first-order valence-corrected chi connectivity index (χ1v) is 7.15. The Hall–Kier alpha value is -1.77. The Morgan fingerprint density at radius 1 is 1.26 bits per heavy atom. The van der Waals surface area contributed by atoms with Gasteiger partial charge in [-0.05, 0) is 49.1 Å². The van der Waals surface area contributed by atoms with Gasteiger partial charge in [-0.25, -0.2) is 0 Å². The van der Waals surface area contributed by atoms with Gasteiger partial charge in [0.1, 0.15) is 0 Å². The summed E-state index contributed by atoms with van der Waals surface area (Å²) in [5.41, 5.74) is 8.79. The maximum absolute atomic E-state index is 6.27. The van der Waals surface area contributed by atoms with Crippen LogP contribution in [0.15, 0.2) is 30.6 Å². The van der Waals surface area contributed by atoms with Crippen LogP contribution in [0.4, 0.5) is 11.4 Å². The van der Waals surface area contributed by atoms with Gasteiger partial charge in [-0.15, -0.1) is 0 Å². The summed E-state index contributed by atoms with van der Waals surface area (Å²) in [6.45, 7) is 1.08. The van der Waals surface area contributed by atoms with Gasteiger partial charge in [0.25, 0.3) is 0 Å². The molecular weight excluding hydrogens is 234 g/mol. The second kappa shape index (κ2) is 3.86. The molecule has 0 aliphatic heterocycles. The Balaban J connectivity index is 1.59. The number of hydrogen-bond donors (Lipinski definition) is 2. The van der Waals surface area contributed by atoms with Crippen LogP contribution in [0.3, 0.4) is 0 Å². The molecule has 1 aromatic heterocycles. The highest BCUT2D eigenvalue weighted by molar-refractivity contribution is 5.98. The van der Waals surface area contributed by atoms with Gasteiger partial charge < -0.3 is 11.1 Å². The molecule has 0 saturated heterocycles. The van der Waals surface area contributed by atoms with Crippen molar-refractivity contribution in [2.24, 2.45) is 11.3 Å². The number of rotatable bonds is 4. The van der Waals surface area contributed by atoms with Gasteiger partial charge in [0.2, 0.25) is 0 Å². The minimum atomic E-state index is 0.597. The maximum atomic E-state index is 6.27. The monoisotopic (exact) mass is 253 g/mol. The van der Waals surface area contributed by atoms with E-state index in [1.54, 1.807) is 6.20 Å². The largest absolute Gasteiger partial charge is 0.397 e. The predicted molar refractivity (Wildman–Crippen MR) is 79.0 cm³/mol. The fourth-order valence-corrected chi connectivity index (χ4v) is 3.20. The van der Waals surface area contributed by atoms with E-state index in [4.69, 9.17) is 5.73 Å². The third-order valence-electron chi connectivity index (χ3n) is 4.83. The van der Waals surface area contributed by atoms with E-state index in [0.29, 0.717) is 5.41 Å². The molecule has 0 unspecified atom stereocenters. The molecule has 19 heavy (non-hydrogen) atoms. The van der Waals surface area contributed by atoms with Crippen molar-refractivity contribution in [1.82, 2.24) is 4.98 Å². The standard InChI is InChI=1S/C16H19N3/c17-15-13-5-8-18-9-11(13)1-4-14(15)19-10-16(6-7-16)12-2-3-12/h1,4-5,8-9,12,19H,2-3,6-7,10,17H2. The molecule has 0 amide bonds. The lowest BCUT2D eigenvalue weighted by atomic mass is 10.0. The van der Waals surface area contributed by atoms with Crippen LogP contribution in [0.25, 0.3) is 10.8 Å². The van der Waals surface area contributed by atoms with Crippen molar-refractivity contribution in [2.75, 3.05) is 17.6 Å². The van der Waals surface area contributed by atoms with Crippen LogP contribution in [0.2, 0.25) is 0 Å². The summed E-state index contributed by atoms with van der Waals surface area (Å²) in [6, 6.07) is 6.17. The van der Waals surface area contributed by atoms with Crippen molar-refractivity contribution in [3.63, 3.8) is 0 Å². The zero-order valence-electron chi connectivity index (χ0n) is 11.0. The zero-order chi connectivity index (χ0) is 12.9. The lowest BCUT2D eigenvalue weighted by molar-refractivity contribution is 0.467. The van der Waals surface area contributed by atoms with Crippen LogP contribution in [-0.4, -0.2) is 11.5 Å². The second-order valence-electron chi connectivity index (χ2n) is 6.11. The molecule has 98 valence electrons. The molecule has 3 heteroatoms. The number of nitrogens with zero attached hydrogens (tertiary/aromatic N) is 1. The zero-order valence-corrected chi connectivity index (χ0v) is 11.0.